The van der Waals surface area contributed by atoms with Crippen molar-refractivity contribution in [2.24, 2.45) is 10.2 Å². The molecule has 0 saturated carbocycles. The number of hydrazone groups is 2. The molecule has 2 N–H and O–H groups in total. The molecule has 2 amide bonds. The Bertz CT molecular complexity index is 927. The van der Waals surface area contributed by atoms with Crippen LogP contribution in [0.1, 0.15) is 30.4 Å². The zero-order chi connectivity index (χ0) is 24.1. The zero-order valence-corrected chi connectivity index (χ0v) is 19.1. The van der Waals surface area contributed by atoms with Crippen molar-refractivity contribution in [2.75, 3.05) is 28.4 Å². The number of hydrogen-bond acceptors (Lipinski definition) is 8. The van der Waals surface area contributed by atoms with Crippen LogP contribution in [0.3, 0.4) is 0 Å². The second-order valence-electron chi connectivity index (χ2n) is 6.66. The molecule has 2 aromatic rings. The minimum Gasteiger partial charge on any atom is -0.497 e. The molecule has 0 aromatic heterocycles. The zero-order valence-electron chi connectivity index (χ0n) is 19.1. The summed E-state index contributed by atoms with van der Waals surface area (Å²) in [4.78, 5) is 23.9. The minimum absolute atomic E-state index is 0.139. The van der Waals surface area contributed by atoms with Crippen LogP contribution in [0.15, 0.2) is 46.6 Å². The first-order valence-corrected chi connectivity index (χ1v) is 10.1. The molecule has 0 bridgehead atoms. The van der Waals surface area contributed by atoms with Gasteiger partial charge in [0, 0.05) is 36.1 Å². The maximum absolute atomic E-state index is 11.9. The molecule has 0 spiro atoms. The van der Waals surface area contributed by atoms with Crippen molar-refractivity contribution < 1.29 is 28.5 Å². The van der Waals surface area contributed by atoms with Crippen molar-refractivity contribution in [2.45, 2.75) is 19.3 Å². The lowest BCUT2D eigenvalue weighted by molar-refractivity contribution is -0.122. The number of amides is 2. The van der Waals surface area contributed by atoms with E-state index < -0.39 is 0 Å². The van der Waals surface area contributed by atoms with Crippen LogP contribution in [0, 0.1) is 0 Å². The predicted molar refractivity (Wildman–Crippen MR) is 124 cm³/mol. The Kier molecular flexibility index (Phi) is 10.2. The molecule has 0 aliphatic rings. The predicted octanol–water partition coefficient (Wildman–Crippen LogP) is 2.49. The van der Waals surface area contributed by atoms with Crippen LogP contribution >= 0.6 is 0 Å². The molecule has 0 radical (unpaired) electrons. The van der Waals surface area contributed by atoms with Gasteiger partial charge in [0.2, 0.25) is 11.8 Å². The Morgan fingerprint density at radius 1 is 0.727 bits per heavy atom. The third-order valence-electron chi connectivity index (χ3n) is 4.47. The fraction of sp³-hybridized carbons (Fsp3) is 0.304. The van der Waals surface area contributed by atoms with E-state index >= 15 is 0 Å². The lowest BCUT2D eigenvalue weighted by atomic mass is 10.2. The van der Waals surface area contributed by atoms with Gasteiger partial charge < -0.3 is 18.9 Å². The molecule has 0 aliphatic carbocycles. The van der Waals surface area contributed by atoms with Gasteiger partial charge in [0.25, 0.3) is 0 Å². The van der Waals surface area contributed by atoms with Crippen molar-refractivity contribution in [3.8, 4) is 23.0 Å². The average molecular weight is 456 g/mol. The van der Waals surface area contributed by atoms with E-state index in [4.69, 9.17) is 18.9 Å². The van der Waals surface area contributed by atoms with Crippen LogP contribution in [0.25, 0.3) is 0 Å². The van der Waals surface area contributed by atoms with E-state index in [1.807, 2.05) is 0 Å². The summed E-state index contributed by atoms with van der Waals surface area (Å²) in [5.74, 6) is 1.82. The molecular formula is C23H28N4O6. The van der Waals surface area contributed by atoms with Crippen LogP contribution < -0.4 is 29.8 Å². The first kappa shape index (κ1) is 25.2. The van der Waals surface area contributed by atoms with Gasteiger partial charge in [-0.05, 0) is 30.7 Å². The molecule has 10 nitrogen and oxygen atoms in total. The molecule has 0 atom stereocenters. The van der Waals surface area contributed by atoms with E-state index in [9.17, 15) is 9.59 Å². The second kappa shape index (κ2) is 13.4. The average Bonchev–Trinajstić information content (AvgIpc) is 2.84. The molecule has 2 aromatic carbocycles. The quantitative estimate of drug-likeness (QED) is 0.374. The first-order valence-electron chi connectivity index (χ1n) is 10.1. The molecule has 0 heterocycles. The van der Waals surface area contributed by atoms with Gasteiger partial charge in [-0.2, -0.15) is 10.2 Å². The van der Waals surface area contributed by atoms with E-state index in [0.717, 1.165) is 0 Å². The number of nitrogens with one attached hydrogen (secondary N) is 2. The summed E-state index contributed by atoms with van der Waals surface area (Å²) in [6.45, 7) is 0. The highest BCUT2D eigenvalue weighted by atomic mass is 16.5. The summed E-state index contributed by atoms with van der Waals surface area (Å²) in [6.07, 6.45) is 3.58. The number of carbonyl (C=O) groups is 2. The summed E-state index contributed by atoms with van der Waals surface area (Å²) in [5.41, 5.74) is 6.23. The minimum atomic E-state index is -0.307. The van der Waals surface area contributed by atoms with Crippen molar-refractivity contribution >= 4 is 24.2 Å². The number of ether oxygens (including phenoxy) is 4. The Balaban J connectivity index is 1.73. The molecule has 0 fully saturated rings. The van der Waals surface area contributed by atoms with Crippen LogP contribution in [0.5, 0.6) is 23.0 Å². The number of carbonyl (C=O) groups excluding carboxylic acids is 2. The standard InChI is InChI=1S/C23H28N4O6/c1-30-18-10-8-16(20(12-18)32-3)14-24-26-22(28)6-5-7-23(29)27-25-15-17-9-11-19(31-2)13-21(17)33-4/h8-15H,5-7H2,1-4H3,(H,26,28)(H,27,29). The number of hydrogen-bond donors (Lipinski definition) is 2. The van der Waals surface area contributed by atoms with Gasteiger partial charge in [0.15, 0.2) is 0 Å². The van der Waals surface area contributed by atoms with E-state index in [0.29, 0.717) is 40.5 Å². The Hall–Kier alpha value is -4.08. The number of rotatable bonds is 12. The second-order valence-corrected chi connectivity index (χ2v) is 6.66. The monoisotopic (exact) mass is 456 g/mol. The fourth-order valence-corrected chi connectivity index (χ4v) is 2.72. The number of nitrogens with zero attached hydrogens (tertiary/aromatic N) is 2. The topological polar surface area (TPSA) is 120 Å². The van der Waals surface area contributed by atoms with Crippen LogP contribution in [0.4, 0.5) is 0 Å². The van der Waals surface area contributed by atoms with E-state index in [1.165, 1.54) is 26.6 Å². The maximum atomic E-state index is 11.9. The van der Waals surface area contributed by atoms with Crippen LogP contribution in [-0.2, 0) is 9.59 Å². The number of benzene rings is 2. The summed E-state index contributed by atoms with van der Waals surface area (Å²) in [5, 5.41) is 7.85. The van der Waals surface area contributed by atoms with Gasteiger partial charge in [0.1, 0.15) is 23.0 Å². The van der Waals surface area contributed by atoms with E-state index in [-0.39, 0.29) is 24.7 Å². The SMILES string of the molecule is COc1ccc(C=NNC(=O)CCCC(=O)NN=Cc2ccc(OC)cc2OC)c(OC)c1. The smallest absolute Gasteiger partial charge is 0.240 e. The molecule has 0 unspecified atom stereocenters. The molecule has 10 heteroatoms. The highest BCUT2D eigenvalue weighted by molar-refractivity contribution is 5.86. The van der Waals surface area contributed by atoms with E-state index in [2.05, 4.69) is 21.1 Å². The van der Waals surface area contributed by atoms with Crippen molar-refractivity contribution in [3.63, 3.8) is 0 Å². The molecule has 176 valence electrons. The molecular weight excluding hydrogens is 428 g/mol. The van der Waals surface area contributed by atoms with Gasteiger partial charge in [-0.25, -0.2) is 10.9 Å². The van der Waals surface area contributed by atoms with Crippen LogP contribution in [0.2, 0.25) is 0 Å². The fourth-order valence-electron chi connectivity index (χ4n) is 2.72. The number of methoxy groups -OCH3 is 4. The first-order chi connectivity index (χ1) is 16.0. The van der Waals surface area contributed by atoms with Gasteiger partial charge in [-0.1, -0.05) is 0 Å². The lowest BCUT2D eigenvalue weighted by Gasteiger charge is -2.07. The van der Waals surface area contributed by atoms with Crippen molar-refractivity contribution in [1.82, 2.24) is 10.9 Å². The highest BCUT2D eigenvalue weighted by Gasteiger charge is 2.06. The van der Waals surface area contributed by atoms with Gasteiger partial charge in [-0.15, -0.1) is 0 Å². The molecule has 0 aliphatic heterocycles. The third-order valence-corrected chi connectivity index (χ3v) is 4.47. The third kappa shape index (κ3) is 8.17. The summed E-state index contributed by atoms with van der Waals surface area (Å²) in [7, 11) is 6.20. The highest BCUT2D eigenvalue weighted by Crippen LogP contribution is 2.23. The van der Waals surface area contributed by atoms with Crippen LogP contribution in [-0.4, -0.2) is 52.7 Å². The summed E-state index contributed by atoms with van der Waals surface area (Å²) < 4.78 is 20.8. The molecule has 0 saturated heterocycles. The van der Waals surface area contributed by atoms with Crippen molar-refractivity contribution in [3.05, 3.63) is 47.5 Å². The Labute approximate surface area is 192 Å². The Morgan fingerprint density at radius 3 is 1.52 bits per heavy atom. The summed E-state index contributed by atoms with van der Waals surface area (Å²) in [6, 6.07) is 10.5. The van der Waals surface area contributed by atoms with E-state index in [1.54, 1.807) is 50.6 Å². The largest absolute Gasteiger partial charge is 0.497 e. The summed E-state index contributed by atoms with van der Waals surface area (Å²) >= 11 is 0. The van der Waals surface area contributed by atoms with Gasteiger partial charge in [0.05, 0.1) is 40.9 Å². The lowest BCUT2D eigenvalue weighted by Crippen LogP contribution is -2.20. The normalized spacial score (nSPS) is 10.8. The maximum Gasteiger partial charge on any atom is 0.240 e. The van der Waals surface area contributed by atoms with Gasteiger partial charge >= 0.3 is 0 Å². The molecule has 33 heavy (non-hydrogen) atoms. The Morgan fingerprint density at radius 2 is 1.15 bits per heavy atom. The van der Waals surface area contributed by atoms with Crippen molar-refractivity contribution in [1.29, 1.82) is 0 Å². The van der Waals surface area contributed by atoms with Gasteiger partial charge in [-0.3, -0.25) is 9.59 Å². The molecule has 2 rings (SSSR count).